The first-order chi connectivity index (χ1) is 11.6. The SMILES string of the molecule is CN=C(NCCCOC)NCCc1ccc(OC)c(OC(F)F)c1. The number of methoxy groups -OCH3 is 2. The molecule has 8 heteroatoms. The van der Waals surface area contributed by atoms with Crippen molar-refractivity contribution < 1.29 is 23.0 Å². The second-order valence-electron chi connectivity index (χ2n) is 4.89. The van der Waals surface area contributed by atoms with Crippen molar-refractivity contribution >= 4 is 5.96 Å². The number of hydrogen-bond donors (Lipinski definition) is 2. The molecule has 0 bridgehead atoms. The molecule has 0 heterocycles. The van der Waals surface area contributed by atoms with E-state index in [1.54, 1.807) is 26.3 Å². The Morgan fingerprint density at radius 3 is 2.54 bits per heavy atom. The van der Waals surface area contributed by atoms with Gasteiger partial charge in [-0.05, 0) is 30.5 Å². The Bertz CT molecular complexity index is 513. The summed E-state index contributed by atoms with van der Waals surface area (Å²) in [6, 6.07) is 4.99. The number of benzene rings is 1. The number of alkyl halides is 2. The molecule has 0 aliphatic rings. The Hall–Kier alpha value is -2.09. The Labute approximate surface area is 141 Å². The third kappa shape index (κ3) is 7.45. The van der Waals surface area contributed by atoms with Crippen LogP contribution in [0.15, 0.2) is 23.2 Å². The Morgan fingerprint density at radius 2 is 1.92 bits per heavy atom. The molecule has 1 rings (SSSR count). The van der Waals surface area contributed by atoms with Crippen LogP contribution >= 0.6 is 0 Å². The van der Waals surface area contributed by atoms with E-state index in [1.165, 1.54) is 7.11 Å². The first-order valence-electron chi connectivity index (χ1n) is 7.66. The fraction of sp³-hybridized carbons (Fsp3) is 0.562. The Morgan fingerprint density at radius 1 is 1.17 bits per heavy atom. The number of nitrogens with one attached hydrogen (secondary N) is 2. The van der Waals surface area contributed by atoms with Gasteiger partial charge in [-0.3, -0.25) is 4.99 Å². The fourth-order valence-electron chi connectivity index (χ4n) is 2.03. The van der Waals surface area contributed by atoms with Crippen LogP contribution in [0.25, 0.3) is 0 Å². The molecule has 0 spiro atoms. The molecule has 0 saturated heterocycles. The van der Waals surface area contributed by atoms with E-state index in [9.17, 15) is 8.78 Å². The molecule has 0 aromatic heterocycles. The highest BCUT2D eigenvalue weighted by Gasteiger charge is 2.11. The second kappa shape index (κ2) is 11.4. The van der Waals surface area contributed by atoms with E-state index in [-0.39, 0.29) is 11.5 Å². The van der Waals surface area contributed by atoms with E-state index in [4.69, 9.17) is 9.47 Å². The van der Waals surface area contributed by atoms with Crippen LogP contribution in [0.4, 0.5) is 8.78 Å². The molecular formula is C16H25F2N3O3. The van der Waals surface area contributed by atoms with Crippen molar-refractivity contribution in [2.75, 3.05) is 41.0 Å². The van der Waals surface area contributed by atoms with Crippen LogP contribution in [0, 0.1) is 0 Å². The van der Waals surface area contributed by atoms with Gasteiger partial charge < -0.3 is 24.8 Å². The molecule has 136 valence electrons. The van der Waals surface area contributed by atoms with Crippen molar-refractivity contribution in [2.24, 2.45) is 4.99 Å². The van der Waals surface area contributed by atoms with Gasteiger partial charge in [0.15, 0.2) is 17.5 Å². The lowest BCUT2D eigenvalue weighted by Crippen LogP contribution is -2.39. The average Bonchev–Trinajstić information content (AvgIpc) is 2.56. The average molecular weight is 345 g/mol. The van der Waals surface area contributed by atoms with Crippen LogP contribution in [0.2, 0.25) is 0 Å². The van der Waals surface area contributed by atoms with E-state index in [1.807, 2.05) is 6.07 Å². The van der Waals surface area contributed by atoms with Crippen molar-refractivity contribution in [1.29, 1.82) is 0 Å². The number of guanidine groups is 1. The first-order valence-corrected chi connectivity index (χ1v) is 7.66. The zero-order chi connectivity index (χ0) is 17.8. The summed E-state index contributed by atoms with van der Waals surface area (Å²) in [5.41, 5.74) is 0.855. The number of halogens is 2. The molecule has 24 heavy (non-hydrogen) atoms. The van der Waals surface area contributed by atoms with Crippen molar-refractivity contribution in [2.45, 2.75) is 19.5 Å². The molecular weight excluding hydrogens is 320 g/mol. The minimum atomic E-state index is -2.89. The van der Waals surface area contributed by atoms with Gasteiger partial charge in [0.25, 0.3) is 0 Å². The van der Waals surface area contributed by atoms with Crippen molar-refractivity contribution in [1.82, 2.24) is 10.6 Å². The number of nitrogens with zero attached hydrogens (tertiary/aromatic N) is 1. The highest BCUT2D eigenvalue weighted by molar-refractivity contribution is 5.79. The molecule has 0 atom stereocenters. The summed E-state index contributed by atoms with van der Waals surface area (Å²) in [5.74, 6) is 0.998. The predicted molar refractivity (Wildman–Crippen MR) is 89.2 cm³/mol. The van der Waals surface area contributed by atoms with Crippen molar-refractivity contribution in [3.63, 3.8) is 0 Å². The largest absolute Gasteiger partial charge is 0.493 e. The van der Waals surface area contributed by atoms with Gasteiger partial charge in [-0.2, -0.15) is 8.78 Å². The van der Waals surface area contributed by atoms with Crippen LogP contribution in [0.1, 0.15) is 12.0 Å². The van der Waals surface area contributed by atoms with Gasteiger partial charge in [-0.25, -0.2) is 0 Å². The van der Waals surface area contributed by atoms with Crippen LogP contribution in [0.5, 0.6) is 11.5 Å². The molecule has 1 aromatic carbocycles. The molecule has 0 aliphatic heterocycles. The highest BCUT2D eigenvalue weighted by Crippen LogP contribution is 2.29. The fourth-order valence-corrected chi connectivity index (χ4v) is 2.03. The minimum absolute atomic E-state index is 0.0343. The van der Waals surface area contributed by atoms with Gasteiger partial charge in [0.05, 0.1) is 7.11 Å². The number of ether oxygens (including phenoxy) is 3. The van der Waals surface area contributed by atoms with E-state index in [0.717, 1.165) is 18.5 Å². The minimum Gasteiger partial charge on any atom is -0.493 e. The summed E-state index contributed by atoms with van der Waals surface area (Å²) in [7, 11) is 4.76. The second-order valence-corrected chi connectivity index (χ2v) is 4.89. The highest BCUT2D eigenvalue weighted by atomic mass is 19.3. The molecule has 0 unspecified atom stereocenters. The Balaban J connectivity index is 2.48. The maximum absolute atomic E-state index is 12.4. The molecule has 0 radical (unpaired) electrons. The van der Waals surface area contributed by atoms with Crippen molar-refractivity contribution in [3.05, 3.63) is 23.8 Å². The number of rotatable bonds is 10. The van der Waals surface area contributed by atoms with Crippen molar-refractivity contribution in [3.8, 4) is 11.5 Å². The smallest absolute Gasteiger partial charge is 0.387 e. The third-order valence-electron chi connectivity index (χ3n) is 3.19. The van der Waals surface area contributed by atoms with E-state index in [2.05, 4.69) is 20.4 Å². The van der Waals surface area contributed by atoms with Crippen LogP contribution in [-0.4, -0.2) is 53.5 Å². The molecule has 0 saturated carbocycles. The molecule has 0 amide bonds. The monoisotopic (exact) mass is 345 g/mol. The molecule has 0 fully saturated rings. The standard InChI is InChI=1S/C16H25F2N3O3/c1-19-16(20-8-4-10-22-2)21-9-7-12-5-6-13(23-3)14(11-12)24-15(17)18/h5-6,11,15H,4,7-10H2,1-3H3,(H2,19,20,21). The van der Waals surface area contributed by atoms with Crippen LogP contribution < -0.4 is 20.1 Å². The number of aliphatic imine (C=N–C) groups is 1. The first kappa shape index (κ1) is 20.0. The van der Waals surface area contributed by atoms with Gasteiger partial charge in [0.1, 0.15) is 0 Å². The molecule has 1 aromatic rings. The molecule has 6 nitrogen and oxygen atoms in total. The maximum atomic E-state index is 12.4. The van der Waals surface area contributed by atoms with Gasteiger partial charge in [-0.1, -0.05) is 6.07 Å². The van der Waals surface area contributed by atoms with E-state index < -0.39 is 6.61 Å². The lowest BCUT2D eigenvalue weighted by molar-refractivity contribution is -0.0512. The van der Waals surface area contributed by atoms with Gasteiger partial charge >= 0.3 is 6.61 Å². The van der Waals surface area contributed by atoms with Gasteiger partial charge in [0, 0.05) is 33.9 Å². The predicted octanol–water partition coefficient (Wildman–Crippen LogP) is 2.04. The van der Waals surface area contributed by atoms with Gasteiger partial charge in [-0.15, -0.1) is 0 Å². The molecule has 2 N–H and O–H groups in total. The van der Waals surface area contributed by atoms with E-state index in [0.29, 0.717) is 25.5 Å². The van der Waals surface area contributed by atoms with E-state index >= 15 is 0 Å². The quantitative estimate of drug-likeness (QED) is 0.386. The summed E-state index contributed by atoms with van der Waals surface area (Å²) in [5, 5.41) is 6.32. The number of hydrogen-bond acceptors (Lipinski definition) is 4. The zero-order valence-corrected chi connectivity index (χ0v) is 14.3. The molecule has 0 aliphatic carbocycles. The lowest BCUT2D eigenvalue weighted by atomic mass is 10.1. The normalized spacial score (nSPS) is 11.5. The zero-order valence-electron chi connectivity index (χ0n) is 14.3. The van der Waals surface area contributed by atoms with Crippen LogP contribution in [-0.2, 0) is 11.2 Å². The Kier molecular flexibility index (Phi) is 9.52. The summed E-state index contributed by atoms with van der Waals surface area (Å²) in [6.07, 6.45) is 1.51. The lowest BCUT2D eigenvalue weighted by Gasteiger charge is -2.13. The van der Waals surface area contributed by atoms with Crippen LogP contribution in [0.3, 0.4) is 0 Å². The summed E-state index contributed by atoms with van der Waals surface area (Å²) in [6.45, 7) is -0.849. The summed E-state index contributed by atoms with van der Waals surface area (Å²) >= 11 is 0. The van der Waals surface area contributed by atoms with Gasteiger partial charge in [0.2, 0.25) is 0 Å². The summed E-state index contributed by atoms with van der Waals surface area (Å²) in [4.78, 5) is 4.11. The topological polar surface area (TPSA) is 64.1 Å². The summed E-state index contributed by atoms with van der Waals surface area (Å²) < 4.78 is 39.3. The third-order valence-corrected chi connectivity index (χ3v) is 3.19. The maximum Gasteiger partial charge on any atom is 0.387 e.